The number of hydrogen-bond donors (Lipinski definition) is 3. The minimum Gasteiger partial charge on any atom is -0.395 e. The number of anilines is 1. The van der Waals surface area contributed by atoms with Gasteiger partial charge in [0.2, 0.25) is 5.91 Å². The highest BCUT2D eigenvalue weighted by Gasteiger charge is 2.13. The van der Waals surface area contributed by atoms with Crippen LogP contribution in [0.5, 0.6) is 0 Å². The number of carbonyl (C=O) groups is 1. The minimum absolute atomic E-state index is 0.0423. The molecule has 3 N–H and O–H groups in total. The van der Waals surface area contributed by atoms with E-state index in [1.54, 1.807) is 10.9 Å². The van der Waals surface area contributed by atoms with Gasteiger partial charge in [0.25, 0.3) is 0 Å². The van der Waals surface area contributed by atoms with Crippen LogP contribution in [0.1, 0.15) is 32.1 Å². The lowest BCUT2D eigenvalue weighted by molar-refractivity contribution is -0.122. The molecule has 0 radical (unpaired) electrons. The van der Waals surface area contributed by atoms with Crippen LogP contribution in [0.2, 0.25) is 0 Å². The van der Waals surface area contributed by atoms with E-state index in [1.807, 2.05) is 6.20 Å². The highest BCUT2D eigenvalue weighted by Crippen LogP contribution is 2.21. The van der Waals surface area contributed by atoms with Crippen LogP contribution >= 0.6 is 0 Å². The van der Waals surface area contributed by atoms with Gasteiger partial charge in [-0.15, -0.1) is 0 Å². The summed E-state index contributed by atoms with van der Waals surface area (Å²) >= 11 is 0. The van der Waals surface area contributed by atoms with Crippen molar-refractivity contribution in [1.82, 2.24) is 15.1 Å². The first-order chi connectivity index (χ1) is 9.28. The van der Waals surface area contributed by atoms with Gasteiger partial charge >= 0.3 is 0 Å². The average Bonchev–Trinajstić information content (AvgIpc) is 2.85. The average molecular weight is 266 g/mol. The van der Waals surface area contributed by atoms with Crippen LogP contribution in [-0.4, -0.2) is 40.0 Å². The summed E-state index contributed by atoms with van der Waals surface area (Å²) in [6.07, 6.45) is 9.94. The Labute approximate surface area is 113 Å². The Bertz CT molecular complexity index is 399. The Morgan fingerprint density at radius 1 is 1.42 bits per heavy atom. The van der Waals surface area contributed by atoms with Gasteiger partial charge in [-0.25, -0.2) is 0 Å². The largest absolute Gasteiger partial charge is 0.395 e. The lowest BCUT2D eigenvalue weighted by atomic mass is 9.95. The number of nitrogens with one attached hydrogen (secondary N) is 2. The second kappa shape index (κ2) is 7.13. The molecule has 0 saturated heterocycles. The number of rotatable bonds is 6. The Kier molecular flexibility index (Phi) is 5.20. The van der Waals surface area contributed by atoms with Crippen LogP contribution in [0.25, 0.3) is 0 Å². The molecular weight excluding hydrogens is 244 g/mol. The van der Waals surface area contributed by atoms with Crippen molar-refractivity contribution < 1.29 is 9.90 Å². The zero-order valence-electron chi connectivity index (χ0n) is 11.1. The van der Waals surface area contributed by atoms with E-state index in [9.17, 15) is 4.79 Å². The Hall–Kier alpha value is -1.56. The first kappa shape index (κ1) is 13.9. The molecule has 1 heterocycles. The van der Waals surface area contributed by atoms with Crippen molar-refractivity contribution in [3.8, 4) is 0 Å². The van der Waals surface area contributed by atoms with E-state index in [2.05, 4.69) is 15.7 Å². The van der Waals surface area contributed by atoms with E-state index >= 15 is 0 Å². The fourth-order valence-corrected chi connectivity index (χ4v) is 2.41. The van der Waals surface area contributed by atoms with E-state index in [4.69, 9.17) is 5.11 Å². The van der Waals surface area contributed by atoms with Crippen molar-refractivity contribution >= 4 is 11.6 Å². The number of carbonyl (C=O) groups excluding carboxylic acids is 1. The Morgan fingerprint density at radius 2 is 2.21 bits per heavy atom. The monoisotopic (exact) mass is 266 g/mol. The van der Waals surface area contributed by atoms with Gasteiger partial charge in [-0.2, -0.15) is 5.10 Å². The van der Waals surface area contributed by atoms with Crippen molar-refractivity contribution in [1.29, 1.82) is 0 Å². The SMILES string of the molecule is O=C(Cn1cc(NC2CCCCC2)cn1)NCCO. The van der Waals surface area contributed by atoms with Gasteiger partial charge in [0.05, 0.1) is 18.5 Å². The molecule has 1 aliphatic rings. The summed E-state index contributed by atoms with van der Waals surface area (Å²) in [5.41, 5.74) is 0.974. The molecule has 19 heavy (non-hydrogen) atoms. The van der Waals surface area contributed by atoms with Gasteiger partial charge in [0, 0.05) is 18.8 Å². The number of hydrogen-bond acceptors (Lipinski definition) is 4. The van der Waals surface area contributed by atoms with E-state index in [0.29, 0.717) is 6.04 Å². The number of aliphatic hydroxyl groups excluding tert-OH is 1. The third kappa shape index (κ3) is 4.55. The van der Waals surface area contributed by atoms with Gasteiger partial charge in [0.1, 0.15) is 6.54 Å². The first-order valence-electron chi connectivity index (χ1n) is 6.94. The molecule has 106 valence electrons. The normalized spacial score (nSPS) is 16.3. The van der Waals surface area contributed by atoms with Crippen LogP contribution in [-0.2, 0) is 11.3 Å². The molecule has 1 aromatic heterocycles. The Morgan fingerprint density at radius 3 is 2.95 bits per heavy atom. The third-order valence-corrected chi connectivity index (χ3v) is 3.35. The number of amides is 1. The third-order valence-electron chi connectivity index (χ3n) is 3.35. The molecule has 0 aliphatic heterocycles. The molecule has 0 atom stereocenters. The molecule has 1 fully saturated rings. The number of aliphatic hydroxyl groups is 1. The summed E-state index contributed by atoms with van der Waals surface area (Å²) in [7, 11) is 0. The van der Waals surface area contributed by atoms with E-state index in [0.717, 1.165) is 5.69 Å². The zero-order chi connectivity index (χ0) is 13.5. The molecule has 1 saturated carbocycles. The molecular formula is C13H22N4O2. The van der Waals surface area contributed by atoms with Gasteiger partial charge in [-0.05, 0) is 12.8 Å². The summed E-state index contributed by atoms with van der Waals surface area (Å²) in [4.78, 5) is 11.5. The summed E-state index contributed by atoms with van der Waals surface area (Å²) < 4.78 is 1.61. The topological polar surface area (TPSA) is 79.2 Å². The first-order valence-corrected chi connectivity index (χ1v) is 6.94. The molecule has 1 amide bonds. The maximum atomic E-state index is 11.5. The van der Waals surface area contributed by atoms with Crippen LogP contribution in [0.15, 0.2) is 12.4 Å². The smallest absolute Gasteiger partial charge is 0.241 e. The molecule has 6 nitrogen and oxygen atoms in total. The van der Waals surface area contributed by atoms with Crippen molar-refractivity contribution in [2.24, 2.45) is 0 Å². The van der Waals surface area contributed by atoms with Crippen molar-refractivity contribution in [3.05, 3.63) is 12.4 Å². The standard InChI is InChI=1S/C13H22N4O2/c18-7-6-14-13(19)10-17-9-12(8-15-17)16-11-4-2-1-3-5-11/h8-9,11,16,18H,1-7,10H2,(H,14,19). The Balaban J connectivity index is 1.79. The molecule has 0 unspecified atom stereocenters. The van der Waals surface area contributed by atoms with Gasteiger partial charge < -0.3 is 15.7 Å². The summed E-state index contributed by atoms with van der Waals surface area (Å²) in [5, 5.41) is 18.8. The molecule has 6 heteroatoms. The van der Waals surface area contributed by atoms with E-state index < -0.39 is 0 Å². The van der Waals surface area contributed by atoms with Crippen LogP contribution in [0, 0.1) is 0 Å². The van der Waals surface area contributed by atoms with E-state index in [-0.39, 0.29) is 25.6 Å². The van der Waals surface area contributed by atoms with Crippen LogP contribution < -0.4 is 10.6 Å². The fourth-order valence-electron chi connectivity index (χ4n) is 2.41. The molecule has 1 aliphatic carbocycles. The predicted octanol–water partition coefficient (Wildman–Crippen LogP) is 0.736. The van der Waals surface area contributed by atoms with Gasteiger partial charge in [-0.1, -0.05) is 19.3 Å². The molecule has 0 aromatic carbocycles. The zero-order valence-corrected chi connectivity index (χ0v) is 11.1. The van der Waals surface area contributed by atoms with Gasteiger partial charge in [-0.3, -0.25) is 9.48 Å². The lowest BCUT2D eigenvalue weighted by Crippen LogP contribution is -2.30. The number of nitrogens with zero attached hydrogens (tertiary/aromatic N) is 2. The second-order valence-corrected chi connectivity index (χ2v) is 4.98. The number of aromatic nitrogens is 2. The maximum absolute atomic E-state index is 11.5. The van der Waals surface area contributed by atoms with Crippen LogP contribution in [0.3, 0.4) is 0 Å². The second-order valence-electron chi connectivity index (χ2n) is 4.98. The fraction of sp³-hybridized carbons (Fsp3) is 0.692. The van der Waals surface area contributed by atoms with E-state index in [1.165, 1.54) is 32.1 Å². The quantitative estimate of drug-likeness (QED) is 0.709. The van der Waals surface area contributed by atoms with Gasteiger partial charge in [0.15, 0.2) is 0 Å². The molecule has 1 aromatic rings. The van der Waals surface area contributed by atoms with Crippen molar-refractivity contribution in [2.75, 3.05) is 18.5 Å². The summed E-state index contributed by atoms with van der Waals surface area (Å²) in [5.74, 6) is -0.138. The minimum atomic E-state index is -0.138. The maximum Gasteiger partial charge on any atom is 0.241 e. The van der Waals surface area contributed by atoms with Crippen LogP contribution in [0.4, 0.5) is 5.69 Å². The summed E-state index contributed by atoms with van der Waals surface area (Å²) in [6, 6.07) is 0.537. The predicted molar refractivity (Wildman–Crippen MR) is 72.8 cm³/mol. The highest BCUT2D eigenvalue weighted by molar-refractivity contribution is 5.75. The van der Waals surface area contributed by atoms with Crippen molar-refractivity contribution in [2.45, 2.75) is 44.7 Å². The summed E-state index contributed by atoms with van der Waals surface area (Å²) in [6.45, 7) is 0.430. The highest BCUT2D eigenvalue weighted by atomic mass is 16.3. The lowest BCUT2D eigenvalue weighted by Gasteiger charge is -2.22. The molecule has 0 spiro atoms. The molecule has 0 bridgehead atoms. The molecule has 2 rings (SSSR count). The van der Waals surface area contributed by atoms with Crippen molar-refractivity contribution in [3.63, 3.8) is 0 Å².